The van der Waals surface area contributed by atoms with Crippen molar-refractivity contribution in [1.29, 1.82) is 0 Å². The fourth-order valence-electron chi connectivity index (χ4n) is 3.43. The first-order chi connectivity index (χ1) is 14.0. The maximum atomic E-state index is 5.96. The molecule has 7 heteroatoms. The Labute approximate surface area is 176 Å². The number of benzene rings is 1. The lowest BCUT2D eigenvalue weighted by Crippen LogP contribution is -2.52. The van der Waals surface area contributed by atoms with Crippen LogP contribution in [0, 0.1) is 5.92 Å². The van der Waals surface area contributed by atoms with Gasteiger partial charge in [-0.15, -0.1) is 0 Å². The standard InChI is InChI=1S/C22H39N5O2/c1-18(2)20(27-11-13-28-14-12-27)17-25-22(23-3)24-16-19-8-6-7-9-21(19)29-15-10-26(4)5/h6-9,18,20H,10-17H2,1-5H3,(H2,23,24,25). The molecule has 1 unspecified atom stereocenters. The SMILES string of the molecule is CN=C(NCc1ccccc1OCCN(C)C)NCC(C(C)C)N1CCOCC1. The maximum Gasteiger partial charge on any atom is 0.191 e. The molecule has 1 aliphatic rings. The molecule has 0 radical (unpaired) electrons. The number of hydrogen-bond donors (Lipinski definition) is 2. The van der Waals surface area contributed by atoms with Crippen LogP contribution in [0.1, 0.15) is 19.4 Å². The Bertz CT molecular complexity index is 615. The van der Waals surface area contributed by atoms with Gasteiger partial charge in [0.05, 0.1) is 13.2 Å². The van der Waals surface area contributed by atoms with Gasteiger partial charge < -0.3 is 25.0 Å². The number of rotatable bonds is 10. The molecule has 7 nitrogen and oxygen atoms in total. The molecule has 1 aromatic carbocycles. The van der Waals surface area contributed by atoms with Crippen molar-refractivity contribution in [3.63, 3.8) is 0 Å². The van der Waals surface area contributed by atoms with Gasteiger partial charge in [0.25, 0.3) is 0 Å². The fraction of sp³-hybridized carbons (Fsp3) is 0.682. The molecule has 0 aromatic heterocycles. The first-order valence-corrected chi connectivity index (χ1v) is 10.6. The molecule has 29 heavy (non-hydrogen) atoms. The average Bonchev–Trinajstić information content (AvgIpc) is 2.71. The van der Waals surface area contributed by atoms with Crippen LogP contribution < -0.4 is 15.4 Å². The summed E-state index contributed by atoms with van der Waals surface area (Å²) in [4.78, 5) is 9.03. The van der Waals surface area contributed by atoms with Crippen LogP contribution >= 0.6 is 0 Å². The first-order valence-electron chi connectivity index (χ1n) is 10.6. The number of aliphatic imine (C=N–C) groups is 1. The van der Waals surface area contributed by atoms with Crippen molar-refractivity contribution in [1.82, 2.24) is 20.4 Å². The number of nitrogens with zero attached hydrogens (tertiary/aromatic N) is 3. The van der Waals surface area contributed by atoms with Crippen molar-refractivity contribution in [2.45, 2.75) is 26.4 Å². The molecular weight excluding hydrogens is 366 g/mol. The van der Waals surface area contributed by atoms with Gasteiger partial charge in [-0.3, -0.25) is 9.89 Å². The molecule has 1 heterocycles. The number of nitrogens with one attached hydrogen (secondary N) is 2. The highest BCUT2D eigenvalue weighted by Crippen LogP contribution is 2.17. The molecule has 1 atom stereocenters. The molecule has 1 saturated heterocycles. The summed E-state index contributed by atoms with van der Waals surface area (Å²) in [5.74, 6) is 2.29. The van der Waals surface area contributed by atoms with E-state index < -0.39 is 0 Å². The molecule has 1 aromatic rings. The van der Waals surface area contributed by atoms with Gasteiger partial charge in [0.1, 0.15) is 12.4 Å². The molecule has 1 aliphatic heterocycles. The Hall–Kier alpha value is -1.83. The Morgan fingerprint density at radius 2 is 1.93 bits per heavy atom. The van der Waals surface area contributed by atoms with Crippen molar-refractivity contribution >= 4 is 5.96 Å². The summed E-state index contributed by atoms with van der Waals surface area (Å²) in [6.07, 6.45) is 0. The van der Waals surface area contributed by atoms with Gasteiger partial charge in [-0.05, 0) is 26.1 Å². The molecule has 0 amide bonds. The lowest BCUT2D eigenvalue weighted by Gasteiger charge is -2.37. The Balaban J connectivity index is 1.87. The minimum atomic E-state index is 0.458. The summed E-state index contributed by atoms with van der Waals surface area (Å²) in [7, 11) is 5.91. The Kier molecular flexibility index (Phi) is 10.2. The van der Waals surface area contributed by atoms with E-state index in [2.05, 4.69) is 45.3 Å². The smallest absolute Gasteiger partial charge is 0.191 e. The van der Waals surface area contributed by atoms with Crippen LogP contribution in [0.5, 0.6) is 5.75 Å². The van der Waals surface area contributed by atoms with E-state index in [0.29, 0.717) is 25.1 Å². The summed E-state index contributed by atoms with van der Waals surface area (Å²) in [5.41, 5.74) is 1.13. The molecule has 0 bridgehead atoms. The third-order valence-electron chi connectivity index (χ3n) is 5.20. The minimum absolute atomic E-state index is 0.458. The average molecular weight is 406 g/mol. The number of hydrogen-bond acceptors (Lipinski definition) is 5. The van der Waals surface area contributed by atoms with Crippen molar-refractivity contribution in [3.8, 4) is 5.75 Å². The first kappa shape index (κ1) is 23.4. The second-order valence-electron chi connectivity index (χ2n) is 8.03. The topological polar surface area (TPSA) is 61.4 Å². The third-order valence-corrected chi connectivity index (χ3v) is 5.20. The van der Waals surface area contributed by atoms with Crippen LogP contribution in [-0.4, -0.2) is 88.9 Å². The highest BCUT2D eigenvalue weighted by Gasteiger charge is 2.23. The summed E-state index contributed by atoms with van der Waals surface area (Å²) < 4.78 is 11.5. The summed E-state index contributed by atoms with van der Waals surface area (Å²) in [5, 5.41) is 6.93. The molecule has 0 spiro atoms. The van der Waals surface area contributed by atoms with Crippen molar-refractivity contribution in [2.24, 2.45) is 10.9 Å². The van der Waals surface area contributed by atoms with Crippen molar-refractivity contribution in [2.75, 3.05) is 67.1 Å². The van der Waals surface area contributed by atoms with Gasteiger partial charge in [-0.1, -0.05) is 32.0 Å². The number of morpholine rings is 1. The van der Waals surface area contributed by atoms with Crippen LogP contribution in [0.2, 0.25) is 0 Å². The molecule has 1 fully saturated rings. The fourth-order valence-corrected chi connectivity index (χ4v) is 3.43. The summed E-state index contributed by atoms with van der Waals surface area (Å²) in [6.45, 7) is 11.3. The lowest BCUT2D eigenvalue weighted by atomic mass is 10.0. The summed E-state index contributed by atoms with van der Waals surface area (Å²) >= 11 is 0. The number of guanidine groups is 1. The number of likely N-dealkylation sites (N-methyl/N-ethyl adjacent to an activating group) is 1. The third kappa shape index (κ3) is 8.20. The zero-order valence-corrected chi connectivity index (χ0v) is 18.8. The van der Waals surface area contributed by atoms with E-state index in [-0.39, 0.29) is 0 Å². The highest BCUT2D eigenvalue weighted by molar-refractivity contribution is 5.79. The van der Waals surface area contributed by atoms with Gasteiger partial charge in [0, 0.05) is 51.4 Å². The van der Waals surface area contributed by atoms with Gasteiger partial charge in [0.2, 0.25) is 0 Å². The highest BCUT2D eigenvalue weighted by atomic mass is 16.5. The number of para-hydroxylation sites is 1. The van der Waals surface area contributed by atoms with E-state index in [1.54, 1.807) is 0 Å². The van der Waals surface area contributed by atoms with Crippen molar-refractivity contribution < 1.29 is 9.47 Å². The van der Waals surface area contributed by atoms with Crippen LogP contribution in [0.3, 0.4) is 0 Å². The largest absolute Gasteiger partial charge is 0.492 e. The van der Waals surface area contributed by atoms with Crippen LogP contribution in [0.4, 0.5) is 0 Å². The Morgan fingerprint density at radius 1 is 1.21 bits per heavy atom. The molecule has 0 aliphatic carbocycles. The molecular formula is C22H39N5O2. The van der Waals surface area contributed by atoms with Gasteiger partial charge in [-0.2, -0.15) is 0 Å². The monoisotopic (exact) mass is 405 g/mol. The van der Waals surface area contributed by atoms with E-state index in [1.165, 1.54) is 0 Å². The van der Waals surface area contributed by atoms with Crippen molar-refractivity contribution in [3.05, 3.63) is 29.8 Å². The predicted molar refractivity (Wildman–Crippen MR) is 120 cm³/mol. The molecule has 0 saturated carbocycles. The second kappa shape index (κ2) is 12.7. The predicted octanol–water partition coefficient (Wildman–Crippen LogP) is 1.65. The molecule has 164 valence electrons. The normalized spacial score (nSPS) is 16.9. The molecule has 2 rings (SSSR count). The maximum absolute atomic E-state index is 5.96. The zero-order valence-electron chi connectivity index (χ0n) is 18.8. The Morgan fingerprint density at radius 3 is 2.59 bits per heavy atom. The zero-order chi connectivity index (χ0) is 21.1. The minimum Gasteiger partial charge on any atom is -0.492 e. The van der Waals surface area contributed by atoms with E-state index in [0.717, 1.165) is 56.7 Å². The van der Waals surface area contributed by atoms with E-state index >= 15 is 0 Å². The van der Waals surface area contributed by atoms with E-state index in [4.69, 9.17) is 9.47 Å². The van der Waals surface area contributed by atoms with Gasteiger partial charge in [-0.25, -0.2) is 0 Å². The van der Waals surface area contributed by atoms with E-state index in [9.17, 15) is 0 Å². The van der Waals surface area contributed by atoms with Gasteiger partial charge in [0.15, 0.2) is 5.96 Å². The van der Waals surface area contributed by atoms with Crippen LogP contribution in [0.25, 0.3) is 0 Å². The summed E-state index contributed by atoms with van der Waals surface area (Å²) in [6, 6.07) is 8.63. The van der Waals surface area contributed by atoms with Gasteiger partial charge >= 0.3 is 0 Å². The molecule has 2 N–H and O–H groups in total. The number of ether oxygens (including phenoxy) is 2. The van der Waals surface area contributed by atoms with E-state index in [1.807, 2.05) is 39.3 Å². The second-order valence-corrected chi connectivity index (χ2v) is 8.03. The quantitative estimate of drug-likeness (QED) is 0.456. The van der Waals surface area contributed by atoms with Crippen LogP contribution in [-0.2, 0) is 11.3 Å². The lowest BCUT2D eigenvalue weighted by molar-refractivity contribution is 0.00752. The van der Waals surface area contributed by atoms with Crippen LogP contribution in [0.15, 0.2) is 29.3 Å².